The Balaban J connectivity index is 2.02. The van der Waals surface area contributed by atoms with Gasteiger partial charge in [0.05, 0.1) is 10.9 Å². The predicted octanol–water partition coefficient (Wildman–Crippen LogP) is 2.28. The van der Waals surface area contributed by atoms with Crippen molar-refractivity contribution in [2.24, 2.45) is 0 Å². The van der Waals surface area contributed by atoms with E-state index in [-0.39, 0.29) is 27.0 Å². The Morgan fingerprint density at radius 1 is 0.962 bits per heavy atom. The second-order valence-corrected chi connectivity index (χ2v) is 8.48. The van der Waals surface area contributed by atoms with Gasteiger partial charge in [0.2, 0.25) is 0 Å². The van der Waals surface area contributed by atoms with E-state index >= 15 is 0 Å². The van der Waals surface area contributed by atoms with Crippen LogP contribution < -0.4 is 15.4 Å². The highest BCUT2D eigenvalue weighted by atomic mass is 32.2. The molecule has 0 amide bonds. The second kappa shape index (κ2) is 6.14. The molecule has 0 bridgehead atoms. The number of aromatic nitrogens is 2. The Kier molecular flexibility index (Phi) is 4.23. The first-order valence-electron chi connectivity index (χ1n) is 7.88. The predicted molar refractivity (Wildman–Crippen MR) is 98.1 cm³/mol. The molecule has 26 heavy (non-hydrogen) atoms. The quantitative estimate of drug-likeness (QED) is 0.684. The lowest BCUT2D eigenvalue weighted by Gasteiger charge is -2.19. The van der Waals surface area contributed by atoms with Crippen molar-refractivity contribution in [1.29, 1.82) is 0 Å². The molecular weight excluding hydrogens is 356 g/mol. The summed E-state index contributed by atoms with van der Waals surface area (Å²) in [5.41, 5.74) is -0.320. The topological polar surface area (TPSA) is 109 Å². The highest BCUT2D eigenvalue weighted by Gasteiger charge is 2.20. The molecule has 0 radical (unpaired) electrons. The Morgan fingerprint density at radius 3 is 2.38 bits per heavy atom. The molecule has 0 unspecified atom stereocenters. The van der Waals surface area contributed by atoms with Crippen LogP contribution in [0.3, 0.4) is 0 Å². The summed E-state index contributed by atoms with van der Waals surface area (Å²) >= 11 is 0. The zero-order chi connectivity index (χ0) is 19.1. The maximum Gasteiger partial charge on any atom is 0.339 e. The minimum absolute atomic E-state index is 0.0534. The van der Waals surface area contributed by atoms with Crippen molar-refractivity contribution in [3.8, 4) is 5.75 Å². The number of fused-ring (bicyclic) bond motifs is 1. The molecule has 3 aromatic rings. The van der Waals surface area contributed by atoms with Crippen LogP contribution in [0.25, 0.3) is 10.9 Å². The number of H-pyrrole nitrogens is 2. The average molecular weight is 374 g/mol. The van der Waals surface area contributed by atoms with Gasteiger partial charge in [0.25, 0.3) is 5.56 Å². The number of aromatic amines is 2. The van der Waals surface area contributed by atoms with Gasteiger partial charge < -0.3 is 9.17 Å². The Morgan fingerprint density at radius 2 is 1.69 bits per heavy atom. The fourth-order valence-corrected chi connectivity index (χ4v) is 3.44. The molecule has 0 aliphatic carbocycles. The first kappa shape index (κ1) is 17.9. The van der Waals surface area contributed by atoms with E-state index in [9.17, 15) is 18.0 Å². The molecule has 2 aromatic carbocycles. The molecule has 0 fully saturated rings. The van der Waals surface area contributed by atoms with Crippen LogP contribution in [0.15, 0.2) is 56.9 Å². The van der Waals surface area contributed by atoms with E-state index in [1.165, 1.54) is 18.2 Å². The summed E-state index contributed by atoms with van der Waals surface area (Å²) in [5.74, 6) is 0.188. The van der Waals surface area contributed by atoms with Crippen LogP contribution in [-0.4, -0.2) is 18.4 Å². The number of hydrogen-bond donors (Lipinski definition) is 2. The van der Waals surface area contributed by atoms with Gasteiger partial charge >= 0.3 is 15.8 Å². The SMILES string of the molecule is CC(C)(C)c1cccc(OS(=O)(=O)c2ccc3[nH]c(=O)[nH]c(=O)c3c2)c1. The molecule has 7 nitrogen and oxygen atoms in total. The molecule has 0 saturated heterocycles. The minimum Gasteiger partial charge on any atom is -0.379 e. The molecule has 0 spiro atoms. The first-order chi connectivity index (χ1) is 12.1. The molecule has 8 heteroatoms. The highest BCUT2D eigenvalue weighted by molar-refractivity contribution is 7.87. The van der Waals surface area contributed by atoms with Gasteiger partial charge in [-0.05, 0) is 41.3 Å². The first-order valence-corrected chi connectivity index (χ1v) is 9.28. The van der Waals surface area contributed by atoms with Gasteiger partial charge in [-0.3, -0.25) is 9.78 Å². The van der Waals surface area contributed by atoms with Gasteiger partial charge in [-0.25, -0.2) is 4.79 Å². The lowest BCUT2D eigenvalue weighted by Crippen LogP contribution is -2.22. The van der Waals surface area contributed by atoms with E-state index in [1.807, 2.05) is 26.8 Å². The van der Waals surface area contributed by atoms with Gasteiger partial charge in [-0.1, -0.05) is 32.9 Å². The molecule has 3 rings (SSSR count). The third-order valence-electron chi connectivity index (χ3n) is 3.91. The lowest BCUT2D eigenvalue weighted by molar-refractivity contribution is 0.484. The molecule has 1 heterocycles. The Hall–Kier alpha value is -2.87. The van der Waals surface area contributed by atoms with Crippen molar-refractivity contribution in [3.05, 3.63) is 68.9 Å². The average Bonchev–Trinajstić information content (AvgIpc) is 2.53. The summed E-state index contributed by atoms with van der Waals surface area (Å²) in [6, 6.07) is 10.6. The van der Waals surface area contributed by atoms with Crippen molar-refractivity contribution in [2.45, 2.75) is 31.1 Å². The molecule has 1 aromatic heterocycles. The maximum atomic E-state index is 12.6. The van der Waals surface area contributed by atoms with Crippen LogP contribution in [0, 0.1) is 0 Å². The van der Waals surface area contributed by atoms with Crippen LogP contribution in [0.4, 0.5) is 0 Å². The van der Waals surface area contributed by atoms with Gasteiger partial charge in [-0.15, -0.1) is 0 Å². The van der Waals surface area contributed by atoms with E-state index in [0.717, 1.165) is 5.56 Å². The minimum atomic E-state index is -4.14. The van der Waals surface area contributed by atoms with Crippen LogP contribution in [-0.2, 0) is 15.5 Å². The summed E-state index contributed by atoms with van der Waals surface area (Å²) in [4.78, 5) is 27.5. The summed E-state index contributed by atoms with van der Waals surface area (Å²) in [5, 5.41) is 0.0534. The number of benzene rings is 2. The molecular formula is C18H18N2O5S. The van der Waals surface area contributed by atoms with Gasteiger partial charge in [-0.2, -0.15) is 8.42 Å². The van der Waals surface area contributed by atoms with Crippen molar-refractivity contribution >= 4 is 21.0 Å². The third kappa shape index (κ3) is 3.55. The molecule has 2 N–H and O–H groups in total. The van der Waals surface area contributed by atoms with Crippen LogP contribution >= 0.6 is 0 Å². The van der Waals surface area contributed by atoms with Gasteiger partial charge in [0.1, 0.15) is 10.6 Å². The van der Waals surface area contributed by atoms with Crippen molar-refractivity contribution < 1.29 is 12.6 Å². The van der Waals surface area contributed by atoms with Crippen molar-refractivity contribution in [2.75, 3.05) is 0 Å². The summed E-state index contributed by atoms with van der Waals surface area (Å²) in [7, 11) is -4.14. The van der Waals surface area contributed by atoms with Gasteiger partial charge in [0, 0.05) is 0 Å². The third-order valence-corrected chi connectivity index (χ3v) is 5.15. The number of nitrogens with one attached hydrogen (secondary N) is 2. The van der Waals surface area contributed by atoms with E-state index < -0.39 is 21.4 Å². The summed E-state index contributed by atoms with van der Waals surface area (Å²) in [6.07, 6.45) is 0. The Labute approximate surface area is 149 Å². The fourth-order valence-electron chi connectivity index (χ4n) is 2.49. The standard InChI is InChI=1S/C18H18N2O5S/c1-18(2,3)11-5-4-6-12(9-11)25-26(23,24)13-7-8-15-14(10-13)16(21)20-17(22)19-15/h4-10H,1-3H3,(H2,19,20,21,22). The zero-order valence-electron chi connectivity index (χ0n) is 14.5. The monoisotopic (exact) mass is 374 g/mol. The molecule has 0 saturated carbocycles. The van der Waals surface area contributed by atoms with E-state index in [2.05, 4.69) is 9.97 Å². The highest BCUT2D eigenvalue weighted by Crippen LogP contribution is 2.27. The van der Waals surface area contributed by atoms with Gasteiger partial charge in [0.15, 0.2) is 0 Å². The summed E-state index contributed by atoms with van der Waals surface area (Å²) in [6.45, 7) is 6.03. The van der Waals surface area contributed by atoms with E-state index in [4.69, 9.17) is 4.18 Å². The molecule has 136 valence electrons. The second-order valence-electron chi connectivity index (χ2n) is 6.93. The molecule has 0 aliphatic rings. The van der Waals surface area contributed by atoms with E-state index in [1.54, 1.807) is 18.2 Å². The normalized spacial score (nSPS) is 12.3. The zero-order valence-corrected chi connectivity index (χ0v) is 15.3. The van der Waals surface area contributed by atoms with Crippen LogP contribution in [0.5, 0.6) is 5.75 Å². The largest absolute Gasteiger partial charge is 0.379 e. The lowest BCUT2D eigenvalue weighted by atomic mass is 9.87. The van der Waals surface area contributed by atoms with Crippen LogP contribution in [0.1, 0.15) is 26.3 Å². The molecule has 0 atom stereocenters. The summed E-state index contributed by atoms with van der Waals surface area (Å²) < 4.78 is 30.4. The number of hydrogen-bond acceptors (Lipinski definition) is 5. The Bertz CT molecular complexity index is 1200. The number of rotatable bonds is 3. The molecule has 0 aliphatic heterocycles. The van der Waals surface area contributed by atoms with Crippen molar-refractivity contribution in [3.63, 3.8) is 0 Å². The van der Waals surface area contributed by atoms with Crippen molar-refractivity contribution in [1.82, 2.24) is 9.97 Å². The fraction of sp³-hybridized carbons (Fsp3) is 0.222. The van der Waals surface area contributed by atoms with Crippen LogP contribution in [0.2, 0.25) is 0 Å². The van der Waals surface area contributed by atoms with E-state index in [0.29, 0.717) is 0 Å². The smallest absolute Gasteiger partial charge is 0.339 e. The maximum absolute atomic E-state index is 12.6.